The molecule has 2 aromatic heterocycles. The summed E-state index contributed by atoms with van der Waals surface area (Å²) in [5.41, 5.74) is 2.89. The van der Waals surface area contributed by atoms with Gasteiger partial charge in [0.05, 0.1) is 31.1 Å². The minimum atomic E-state index is -0.701. The summed E-state index contributed by atoms with van der Waals surface area (Å²) in [7, 11) is 0. The van der Waals surface area contributed by atoms with Gasteiger partial charge in [-0.15, -0.1) is 0 Å². The Bertz CT molecular complexity index is 1130. The molecule has 0 amide bonds. The number of fused-ring (bicyclic) bond motifs is 1. The molecule has 1 saturated carbocycles. The Hall–Kier alpha value is -3.10. The minimum Gasteiger partial charge on any atom is -0.491 e. The molecule has 9 heteroatoms. The number of aryl methyl sites for hydroxylation is 1. The summed E-state index contributed by atoms with van der Waals surface area (Å²) >= 11 is 0. The van der Waals surface area contributed by atoms with Gasteiger partial charge in [0.15, 0.2) is 0 Å². The number of benzene rings is 1. The number of aromatic nitrogens is 5. The van der Waals surface area contributed by atoms with E-state index in [0.717, 1.165) is 73.0 Å². The van der Waals surface area contributed by atoms with Crippen LogP contribution in [0.5, 0.6) is 5.75 Å². The lowest BCUT2D eigenvalue weighted by Crippen LogP contribution is -2.36. The second kappa shape index (κ2) is 6.72. The van der Waals surface area contributed by atoms with Crippen LogP contribution in [0.15, 0.2) is 18.5 Å². The van der Waals surface area contributed by atoms with E-state index in [1.54, 1.807) is 6.33 Å². The molecule has 0 radical (unpaired) electrons. The highest BCUT2D eigenvalue weighted by Crippen LogP contribution is 2.40. The highest BCUT2D eigenvalue weighted by Gasteiger charge is 2.36. The Labute approximate surface area is 173 Å². The first-order chi connectivity index (χ1) is 14.7. The predicted molar refractivity (Wildman–Crippen MR) is 108 cm³/mol. The van der Waals surface area contributed by atoms with E-state index in [9.17, 15) is 9.90 Å². The van der Waals surface area contributed by atoms with Gasteiger partial charge in [-0.2, -0.15) is 5.10 Å². The normalized spacial score (nSPS) is 19.3. The van der Waals surface area contributed by atoms with E-state index in [1.165, 1.54) is 0 Å². The van der Waals surface area contributed by atoms with Crippen molar-refractivity contribution in [3.8, 4) is 5.75 Å². The van der Waals surface area contributed by atoms with E-state index < -0.39 is 5.97 Å². The molecular formula is C21H24N6O3. The van der Waals surface area contributed by atoms with Gasteiger partial charge in [0, 0.05) is 13.1 Å². The second-order valence-corrected chi connectivity index (χ2v) is 8.53. The molecule has 1 atom stereocenters. The number of carboxylic acids is 1. The lowest BCUT2D eigenvalue weighted by atomic mass is 9.94. The average molecular weight is 408 g/mol. The van der Waals surface area contributed by atoms with Crippen molar-refractivity contribution in [2.24, 2.45) is 11.8 Å². The van der Waals surface area contributed by atoms with E-state index in [2.05, 4.69) is 25.6 Å². The van der Waals surface area contributed by atoms with Crippen LogP contribution in [0.2, 0.25) is 0 Å². The smallest absolute Gasteiger partial charge is 0.307 e. The monoisotopic (exact) mass is 408 g/mol. The van der Waals surface area contributed by atoms with Gasteiger partial charge in [-0.25, -0.2) is 14.6 Å². The molecule has 3 aliphatic rings. The number of carboxylic acid groups (broad SMARTS) is 1. The van der Waals surface area contributed by atoms with Crippen LogP contribution in [0.1, 0.15) is 30.7 Å². The fourth-order valence-corrected chi connectivity index (χ4v) is 4.80. The van der Waals surface area contributed by atoms with Crippen molar-refractivity contribution >= 4 is 23.0 Å². The van der Waals surface area contributed by atoms with E-state index in [0.29, 0.717) is 25.5 Å². The van der Waals surface area contributed by atoms with Crippen molar-refractivity contribution in [2.75, 3.05) is 18.1 Å². The molecule has 0 spiro atoms. The second-order valence-electron chi connectivity index (χ2n) is 8.53. The zero-order chi connectivity index (χ0) is 20.2. The molecule has 1 aromatic carbocycles. The molecular weight excluding hydrogens is 384 g/mol. The number of aliphatic carboxylic acids is 1. The summed E-state index contributed by atoms with van der Waals surface area (Å²) in [6, 6.07) is 4.08. The number of hydrogen-bond acceptors (Lipinski definition) is 6. The molecule has 30 heavy (non-hydrogen) atoms. The molecule has 2 aliphatic heterocycles. The van der Waals surface area contributed by atoms with E-state index >= 15 is 0 Å². The van der Waals surface area contributed by atoms with Crippen molar-refractivity contribution in [1.82, 2.24) is 24.3 Å². The number of rotatable bonds is 5. The van der Waals surface area contributed by atoms with Crippen LogP contribution in [0.25, 0.3) is 11.0 Å². The molecule has 156 valence electrons. The maximum Gasteiger partial charge on any atom is 0.307 e. The van der Waals surface area contributed by atoms with Crippen LogP contribution in [-0.4, -0.2) is 48.5 Å². The van der Waals surface area contributed by atoms with E-state index in [4.69, 9.17) is 9.72 Å². The molecule has 9 nitrogen and oxygen atoms in total. The number of carbonyl (C=O) groups is 1. The van der Waals surface area contributed by atoms with Crippen molar-refractivity contribution in [2.45, 2.75) is 45.3 Å². The Morgan fingerprint density at radius 3 is 3.00 bits per heavy atom. The third-order valence-electron chi connectivity index (χ3n) is 6.49. The lowest BCUT2D eigenvalue weighted by Gasteiger charge is -2.28. The first-order valence-electron chi connectivity index (χ1n) is 10.7. The first-order valence-corrected chi connectivity index (χ1v) is 10.7. The highest BCUT2D eigenvalue weighted by atomic mass is 16.5. The van der Waals surface area contributed by atoms with Crippen molar-refractivity contribution in [1.29, 1.82) is 0 Å². The third kappa shape index (κ3) is 2.91. The molecule has 3 aromatic rings. The molecule has 1 aliphatic carbocycles. The molecule has 4 heterocycles. The van der Waals surface area contributed by atoms with Gasteiger partial charge in [-0.05, 0) is 49.3 Å². The van der Waals surface area contributed by atoms with Crippen LogP contribution in [0.4, 0.5) is 5.95 Å². The quantitative estimate of drug-likeness (QED) is 0.690. The SMILES string of the molecule is O=C(O)[C@@H](Cc1cc2c3c(c1)nc(N1CCn4ncnc4C1)n3CCCO2)C1CC1. The predicted octanol–water partition coefficient (Wildman–Crippen LogP) is 2.08. The summed E-state index contributed by atoms with van der Waals surface area (Å²) < 4.78 is 10.3. The van der Waals surface area contributed by atoms with Gasteiger partial charge in [-0.1, -0.05) is 0 Å². The van der Waals surface area contributed by atoms with Gasteiger partial charge >= 0.3 is 5.97 Å². The zero-order valence-corrected chi connectivity index (χ0v) is 16.7. The third-order valence-corrected chi connectivity index (χ3v) is 6.49. The molecule has 6 rings (SSSR count). The molecule has 1 N–H and O–H groups in total. The van der Waals surface area contributed by atoms with Crippen LogP contribution >= 0.6 is 0 Å². The van der Waals surface area contributed by atoms with Crippen LogP contribution < -0.4 is 9.64 Å². The molecule has 0 bridgehead atoms. The Kier molecular flexibility index (Phi) is 3.97. The lowest BCUT2D eigenvalue weighted by molar-refractivity contribution is -0.142. The molecule has 1 fully saturated rings. The summed E-state index contributed by atoms with van der Waals surface area (Å²) in [5, 5.41) is 13.9. The molecule has 0 saturated heterocycles. The summed E-state index contributed by atoms with van der Waals surface area (Å²) in [6.45, 7) is 3.79. The van der Waals surface area contributed by atoms with E-state index in [-0.39, 0.29) is 5.92 Å². The first kappa shape index (κ1) is 17.7. The van der Waals surface area contributed by atoms with Crippen LogP contribution in [0.3, 0.4) is 0 Å². The fourth-order valence-electron chi connectivity index (χ4n) is 4.80. The topological polar surface area (TPSA) is 98.3 Å². The summed E-state index contributed by atoms with van der Waals surface area (Å²) in [4.78, 5) is 23.3. The van der Waals surface area contributed by atoms with E-state index in [1.807, 2.05) is 10.7 Å². The maximum atomic E-state index is 11.7. The average Bonchev–Trinajstić information content (AvgIpc) is 3.40. The number of ether oxygens (including phenoxy) is 1. The van der Waals surface area contributed by atoms with Crippen LogP contribution in [0, 0.1) is 11.8 Å². The largest absolute Gasteiger partial charge is 0.491 e. The van der Waals surface area contributed by atoms with Crippen molar-refractivity contribution < 1.29 is 14.6 Å². The Balaban J connectivity index is 1.40. The van der Waals surface area contributed by atoms with Gasteiger partial charge in [0.25, 0.3) is 0 Å². The summed E-state index contributed by atoms with van der Waals surface area (Å²) in [6.07, 6.45) is 5.07. The zero-order valence-electron chi connectivity index (χ0n) is 16.7. The van der Waals surface area contributed by atoms with Gasteiger partial charge in [0.1, 0.15) is 23.4 Å². The van der Waals surface area contributed by atoms with Crippen molar-refractivity contribution in [3.05, 3.63) is 29.8 Å². The van der Waals surface area contributed by atoms with Gasteiger partial charge in [0.2, 0.25) is 5.95 Å². The molecule has 0 unspecified atom stereocenters. The number of anilines is 1. The standard InChI is InChI=1S/C21H24N6O3/c28-20(29)15(14-2-3-14)8-13-9-16-19-17(10-13)30-7-1-4-26(19)21(24-16)25-5-6-27-18(11-25)22-12-23-27/h9-10,12,14-15H,1-8,11H2,(H,28,29)/t15-/m0/s1. The van der Waals surface area contributed by atoms with Gasteiger partial charge < -0.3 is 19.3 Å². The highest BCUT2D eigenvalue weighted by molar-refractivity contribution is 5.86. The number of nitrogens with zero attached hydrogens (tertiary/aromatic N) is 6. The van der Waals surface area contributed by atoms with Crippen LogP contribution in [-0.2, 0) is 30.8 Å². The summed E-state index contributed by atoms with van der Waals surface area (Å²) in [5.74, 6) is 1.97. The fraction of sp³-hybridized carbons (Fsp3) is 0.524. The number of imidazole rings is 1. The number of hydrogen-bond donors (Lipinski definition) is 1. The maximum absolute atomic E-state index is 11.7. The minimum absolute atomic E-state index is 0.303. The Morgan fingerprint density at radius 1 is 1.27 bits per heavy atom. The van der Waals surface area contributed by atoms with Gasteiger partial charge in [-0.3, -0.25) is 4.79 Å². The Morgan fingerprint density at radius 2 is 2.17 bits per heavy atom. The van der Waals surface area contributed by atoms with Crippen molar-refractivity contribution in [3.63, 3.8) is 0 Å².